The van der Waals surface area contributed by atoms with Crippen molar-refractivity contribution in [2.75, 3.05) is 0 Å². The molecule has 63 heavy (non-hydrogen) atoms. The molecule has 298 valence electrons. The average molecular weight is 807 g/mol. The van der Waals surface area contributed by atoms with E-state index in [0.29, 0.717) is 17.5 Å². The van der Waals surface area contributed by atoms with Gasteiger partial charge in [-0.2, -0.15) is 0 Å². The van der Waals surface area contributed by atoms with E-state index in [-0.39, 0.29) is 0 Å². The molecule has 11 rings (SSSR count). The lowest BCUT2D eigenvalue weighted by Gasteiger charge is -2.21. The van der Waals surface area contributed by atoms with E-state index in [1.807, 2.05) is 18.2 Å². The molecule has 0 fully saturated rings. The van der Waals surface area contributed by atoms with Crippen LogP contribution in [0.4, 0.5) is 0 Å². The third-order valence-electron chi connectivity index (χ3n) is 11.9. The van der Waals surface area contributed by atoms with Gasteiger partial charge in [-0.05, 0) is 102 Å². The van der Waals surface area contributed by atoms with Gasteiger partial charge in [-0.15, -0.1) is 0 Å². The maximum atomic E-state index is 5.42. The lowest BCUT2D eigenvalue weighted by atomic mass is 9.92. The maximum Gasteiger partial charge on any atom is 0.164 e. The summed E-state index contributed by atoms with van der Waals surface area (Å²) < 4.78 is 2.46. The number of fused-ring (bicyclic) bond motifs is 3. The topological polar surface area (TPSA) is 43.6 Å². The van der Waals surface area contributed by atoms with Crippen molar-refractivity contribution in [3.05, 3.63) is 230 Å². The third kappa shape index (κ3) is 7.18. The van der Waals surface area contributed by atoms with Gasteiger partial charge < -0.3 is 4.57 Å². The fourth-order valence-corrected chi connectivity index (χ4v) is 8.87. The van der Waals surface area contributed by atoms with Crippen LogP contribution >= 0.6 is 0 Å². The zero-order valence-electron chi connectivity index (χ0n) is 35.1. The summed E-state index contributed by atoms with van der Waals surface area (Å²) in [6.45, 7) is 4.34. The first-order valence-electron chi connectivity index (χ1n) is 21.4. The number of hydrogen-bond donors (Lipinski definition) is 0. The molecule has 0 saturated carbocycles. The van der Waals surface area contributed by atoms with Gasteiger partial charge in [-0.1, -0.05) is 175 Å². The minimum Gasteiger partial charge on any atom is -0.308 e. The predicted molar refractivity (Wildman–Crippen MR) is 262 cm³/mol. The summed E-state index contributed by atoms with van der Waals surface area (Å²) in [7, 11) is 0. The van der Waals surface area contributed by atoms with Crippen molar-refractivity contribution in [2.45, 2.75) is 13.8 Å². The molecule has 0 aliphatic carbocycles. The van der Waals surface area contributed by atoms with E-state index >= 15 is 0 Å². The van der Waals surface area contributed by atoms with Gasteiger partial charge in [0.25, 0.3) is 0 Å². The molecule has 0 atom stereocenters. The first-order valence-corrected chi connectivity index (χ1v) is 21.4. The Morgan fingerprint density at radius 2 is 0.619 bits per heavy atom. The first kappa shape index (κ1) is 37.8. The average Bonchev–Trinajstić information content (AvgIpc) is 3.66. The number of rotatable bonds is 8. The van der Waals surface area contributed by atoms with Crippen molar-refractivity contribution in [1.29, 1.82) is 0 Å². The Morgan fingerprint density at radius 3 is 1.03 bits per heavy atom. The fraction of sp³-hybridized carbons (Fsp3) is 0.0339. The van der Waals surface area contributed by atoms with Crippen LogP contribution in [0.25, 0.3) is 106 Å². The second kappa shape index (κ2) is 16.0. The van der Waals surface area contributed by atoms with Gasteiger partial charge >= 0.3 is 0 Å². The van der Waals surface area contributed by atoms with Crippen molar-refractivity contribution >= 4 is 21.8 Å². The van der Waals surface area contributed by atoms with Gasteiger partial charge in [0.1, 0.15) is 0 Å². The summed E-state index contributed by atoms with van der Waals surface area (Å²) in [5.41, 5.74) is 17.4. The molecule has 0 unspecified atom stereocenters. The molecule has 0 aliphatic rings. The van der Waals surface area contributed by atoms with Gasteiger partial charge in [0.15, 0.2) is 17.5 Å². The van der Waals surface area contributed by atoms with Crippen LogP contribution in [0.2, 0.25) is 0 Å². The molecule has 0 saturated heterocycles. The molecule has 4 heteroatoms. The highest BCUT2D eigenvalue weighted by Gasteiger charge is 2.23. The smallest absolute Gasteiger partial charge is 0.164 e. The van der Waals surface area contributed by atoms with E-state index in [1.54, 1.807) is 0 Å². The number of nitrogens with zero attached hydrogens (tertiary/aromatic N) is 4. The van der Waals surface area contributed by atoms with E-state index in [0.717, 1.165) is 77.9 Å². The third-order valence-corrected chi connectivity index (χ3v) is 11.9. The second-order valence-corrected chi connectivity index (χ2v) is 16.2. The molecular formula is C59H42N4. The van der Waals surface area contributed by atoms with Gasteiger partial charge in [0, 0.05) is 38.6 Å². The van der Waals surface area contributed by atoms with E-state index in [9.17, 15) is 0 Å². The van der Waals surface area contributed by atoms with Gasteiger partial charge in [-0.25, -0.2) is 15.0 Å². The van der Waals surface area contributed by atoms with Crippen LogP contribution in [0, 0.1) is 13.8 Å². The summed E-state index contributed by atoms with van der Waals surface area (Å²) in [4.78, 5) is 16.0. The Labute approximate surface area is 367 Å². The lowest BCUT2D eigenvalue weighted by Crippen LogP contribution is -2.04. The Morgan fingerprint density at radius 1 is 0.286 bits per heavy atom. The zero-order chi connectivity index (χ0) is 42.3. The van der Waals surface area contributed by atoms with E-state index < -0.39 is 0 Å². The highest BCUT2D eigenvalue weighted by Crippen LogP contribution is 2.44. The summed E-state index contributed by atoms with van der Waals surface area (Å²) in [6.07, 6.45) is 0. The van der Waals surface area contributed by atoms with E-state index in [4.69, 9.17) is 15.0 Å². The molecule has 0 spiro atoms. The molecule has 9 aromatic carbocycles. The summed E-state index contributed by atoms with van der Waals surface area (Å²) in [5.74, 6) is 1.81. The largest absolute Gasteiger partial charge is 0.308 e. The molecule has 2 heterocycles. The molecular weight excluding hydrogens is 765 g/mol. The highest BCUT2D eigenvalue weighted by molar-refractivity contribution is 6.11. The standard InChI is InChI=1S/C59H42N4/c1-39-28-30-54-52(32-39)53-33-40(2)29-31-55(53)63(54)56-50(43-22-12-5-13-23-43)37-49(38-51(56)44-24-14-6-15-25-44)59-61-57(45-26-16-7-17-27-45)60-58(62-59)48-35-46(41-18-8-3-9-19-41)34-47(36-48)42-20-10-4-11-21-42/h3-38H,1-2H3. The first-order chi connectivity index (χ1) is 31.0. The van der Waals surface area contributed by atoms with E-state index in [1.165, 1.54) is 21.9 Å². The molecule has 4 nitrogen and oxygen atoms in total. The molecule has 11 aromatic rings. The van der Waals surface area contributed by atoms with Crippen LogP contribution in [-0.4, -0.2) is 19.5 Å². The quantitative estimate of drug-likeness (QED) is 0.154. The molecule has 0 radical (unpaired) electrons. The monoisotopic (exact) mass is 806 g/mol. The molecule has 0 bridgehead atoms. The maximum absolute atomic E-state index is 5.42. The van der Waals surface area contributed by atoms with Crippen LogP contribution in [0.1, 0.15) is 11.1 Å². The Hall–Kier alpha value is -8.21. The zero-order valence-corrected chi connectivity index (χ0v) is 35.1. The Balaban J connectivity index is 1.22. The SMILES string of the molecule is Cc1ccc2c(c1)c1cc(C)ccc1n2-c1c(-c2ccccc2)cc(-c2nc(-c3ccccc3)nc(-c3cc(-c4ccccc4)cc(-c4ccccc4)c3)n2)cc1-c1ccccc1. The second-order valence-electron chi connectivity index (χ2n) is 16.2. The number of aromatic nitrogens is 4. The van der Waals surface area contributed by atoms with Crippen LogP contribution in [0.5, 0.6) is 0 Å². The normalized spacial score (nSPS) is 11.3. The minimum atomic E-state index is 0.597. The lowest BCUT2D eigenvalue weighted by molar-refractivity contribution is 1.07. The van der Waals surface area contributed by atoms with Crippen LogP contribution in [0.3, 0.4) is 0 Å². The Bertz CT molecular complexity index is 3260. The van der Waals surface area contributed by atoms with Crippen molar-refractivity contribution in [3.63, 3.8) is 0 Å². The van der Waals surface area contributed by atoms with Crippen LogP contribution in [0.15, 0.2) is 218 Å². The molecule has 0 amide bonds. The summed E-state index contributed by atoms with van der Waals surface area (Å²) in [5, 5.41) is 2.47. The molecule has 0 aliphatic heterocycles. The number of hydrogen-bond acceptors (Lipinski definition) is 3. The predicted octanol–water partition coefficient (Wildman–Crippen LogP) is 15.3. The van der Waals surface area contributed by atoms with Crippen molar-refractivity contribution in [3.8, 4) is 84.4 Å². The highest BCUT2D eigenvalue weighted by atomic mass is 15.0. The van der Waals surface area contributed by atoms with Gasteiger partial charge in [0.2, 0.25) is 0 Å². The van der Waals surface area contributed by atoms with Gasteiger partial charge in [-0.3, -0.25) is 0 Å². The van der Waals surface area contributed by atoms with Crippen molar-refractivity contribution in [2.24, 2.45) is 0 Å². The molecule has 2 aromatic heterocycles. The molecule has 0 N–H and O–H groups in total. The van der Waals surface area contributed by atoms with Crippen LogP contribution in [-0.2, 0) is 0 Å². The fourth-order valence-electron chi connectivity index (χ4n) is 8.87. The summed E-state index contributed by atoms with van der Waals surface area (Å²) in [6, 6.07) is 77.5. The van der Waals surface area contributed by atoms with Gasteiger partial charge in [0.05, 0.1) is 16.7 Å². The minimum absolute atomic E-state index is 0.597. The van der Waals surface area contributed by atoms with Crippen LogP contribution < -0.4 is 0 Å². The van der Waals surface area contributed by atoms with E-state index in [2.05, 4.69) is 219 Å². The van der Waals surface area contributed by atoms with Crippen molar-refractivity contribution in [1.82, 2.24) is 19.5 Å². The Kier molecular flexibility index (Phi) is 9.59. The number of aryl methyl sites for hydroxylation is 2. The number of benzene rings is 9. The van der Waals surface area contributed by atoms with Crippen molar-refractivity contribution < 1.29 is 0 Å². The summed E-state index contributed by atoms with van der Waals surface area (Å²) >= 11 is 0.